The standard InChI is InChI=1S/C29H27Cl2NO7/c1-5-14-39-19-10-6-16(7-11-19)24-22(25(33)20-15-21(30)28(38-4)23(31)27(20)37-3)26(34)29(35)32(24)17-8-12-18(36-2)13-9-17/h6-13,15,24,33H,5,14H2,1-4H3/b25-22+. The highest BCUT2D eigenvalue weighted by Crippen LogP contribution is 2.48. The van der Waals surface area contributed by atoms with Gasteiger partial charge in [-0.3, -0.25) is 14.5 Å². The van der Waals surface area contributed by atoms with Crippen LogP contribution in [0.5, 0.6) is 23.0 Å². The number of rotatable bonds is 9. The van der Waals surface area contributed by atoms with Crippen LogP contribution >= 0.6 is 23.2 Å². The molecule has 1 saturated heterocycles. The van der Waals surface area contributed by atoms with E-state index in [-0.39, 0.29) is 32.7 Å². The molecule has 8 nitrogen and oxygen atoms in total. The molecule has 0 radical (unpaired) electrons. The Morgan fingerprint density at radius 1 is 0.897 bits per heavy atom. The molecule has 1 N–H and O–H groups in total. The fourth-order valence-corrected chi connectivity index (χ4v) is 5.10. The number of amides is 1. The molecule has 204 valence electrons. The van der Waals surface area contributed by atoms with Gasteiger partial charge in [-0.2, -0.15) is 0 Å². The average Bonchev–Trinajstić information content (AvgIpc) is 3.21. The van der Waals surface area contributed by atoms with E-state index in [0.717, 1.165) is 6.42 Å². The number of hydrogen-bond acceptors (Lipinski definition) is 7. The van der Waals surface area contributed by atoms with E-state index in [1.165, 1.54) is 32.3 Å². The van der Waals surface area contributed by atoms with E-state index in [1.54, 1.807) is 48.5 Å². The smallest absolute Gasteiger partial charge is 0.300 e. The first kappa shape index (κ1) is 28.1. The lowest BCUT2D eigenvalue weighted by atomic mass is 9.94. The molecule has 0 bridgehead atoms. The number of carbonyl (C=O) groups excluding carboxylic acids is 2. The van der Waals surface area contributed by atoms with Crippen LogP contribution in [0.25, 0.3) is 5.76 Å². The molecule has 0 saturated carbocycles. The van der Waals surface area contributed by atoms with E-state index in [1.807, 2.05) is 6.92 Å². The summed E-state index contributed by atoms with van der Waals surface area (Å²) in [6.07, 6.45) is 0.841. The van der Waals surface area contributed by atoms with E-state index < -0.39 is 23.5 Å². The van der Waals surface area contributed by atoms with Gasteiger partial charge >= 0.3 is 0 Å². The quantitative estimate of drug-likeness (QED) is 0.179. The maximum Gasteiger partial charge on any atom is 0.300 e. The van der Waals surface area contributed by atoms with Gasteiger partial charge in [0.15, 0.2) is 11.5 Å². The normalized spacial score (nSPS) is 16.4. The molecule has 1 atom stereocenters. The van der Waals surface area contributed by atoms with Crippen molar-refractivity contribution in [3.05, 3.63) is 81.3 Å². The SMILES string of the molecule is CCCOc1ccc(C2/C(=C(\O)c3cc(Cl)c(OC)c(Cl)c3OC)C(=O)C(=O)N2c2ccc(OC)cc2)cc1. The molecule has 39 heavy (non-hydrogen) atoms. The number of aliphatic hydroxyl groups excluding tert-OH is 1. The Morgan fingerprint density at radius 3 is 2.08 bits per heavy atom. The predicted molar refractivity (Wildman–Crippen MR) is 150 cm³/mol. The van der Waals surface area contributed by atoms with Crippen molar-refractivity contribution in [3.63, 3.8) is 0 Å². The van der Waals surface area contributed by atoms with Crippen molar-refractivity contribution >= 4 is 46.3 Å². The van der Waals surface area contributed by atoms with Gasteiger partial charge in [-0.25, -0.2) is 0 Å². The van der Waals surface area contributed by atoms with Crippen molar-refractivity contribution in [1.29, 1.82) is 0 Å². The second-order valence-electron chi connectivity index (χ2n) is 8.57. The Labute approximate surface area is 236 Å². The maximum absolute atomic E-state index is 13.5. The molecule has 1 heterocycles. The van der Waals surface area contributed by atoms with E-state index in [2.05, 4.69) is 0 Å². The predicted octanol–water partition coefficient (Wildman–Crippen LogP) is 6.43. The van der Waals surface area contributed by atoms with Gasteiger partial charge in [-0.15, -0.1) is 0 Å². The van der Waals surface area contributed by atoms with Crippen molar-refractivity contribution in [3.8, 4) is 23.0 Å². The van der Waals surface area contributed by atoms with Crippen LogP contribution < -0.4 is 23.8 Å². The summed E-state index contributed by atoms with van der Waals surface area (Å²) in [6, 6.07) is 14.1. The molecule has 4 rings (SSSR count). The van der Waals surface area contributed by atoms with Gasteiger partial charge in [0, 0.05) is 5.69 Å². The zero-order valence-electron chi connectivity index (χ0n) is 21.8. The third kappa shape index (κ3) is 5.22. The van der Waals surface area contributed by atoms with Crippen LogP contribution in [0.2, 0.25) is 10.0 Å². The Kier molecular flexibility index (Phi) is 8.57. The van der Waals surface area contributed by atoms with Gasteiger partial charge in [0.05, 0.1) is 50.1 Å². The molecule has 1 fully saturated rings. The number of carbonyl (C=O) groups is 2. The van der Waals surface area contributed by atoms with Gasteiger partial charge in [0.25, 0.3) is 11.7 Å². The summed E-state index contributed by atoms with van der Waals surface area (Å²) in [6.45, 7) is 2.55. The molecular formula is C29H27Cl2NO7. The largest absolute Gasteiger partial charge is 0.507 e. The van der Waals surface area contributed by atoms with Crippen LogP contribution in [-0.2, 0) is 9.59 Å². The third-order valence-electron chi connectivity index (χ3n) is 6.26. The number of anilines is 1. The van der Waals surface area contributed by atoms with Gasteiger partial charge in [-0.1, -0.05) is 42.3 Å². The molecular weight excluding hydrogens is 545 g/mol. The van der Waals surface area contributed by atoms with E-state index in [4.69, 9.17) is 42.1 Å². The summed E-state index contributed by atoms with van der Waals surface area (Å²) >= 11 is 12.8. The van der Waals surface area contributed by atoms with Crippen molar-refractivity contribution in [2.45, 2.75) is 19.4 Å². The number of aliphatic hydroxyl groups is 1. The minimum absolute atomic E-state index is 0.00686. The molecule has 1 aliphatic heterocycles. The molecule has 3 aromatic carbocycles. The molecule has 10 heteroatoms. The van der Waals surface area contributed by atoms with Crippen LogP contribution in [0.4, 0.5) is 5.69 Å². The molecule has 0 aliphatic carbocycles. The number of benzene rings is 3. The summed E-state index contributed by atoms with van der Waals surface area (Å²) in [5.41, 5.74) is 0.883. The second-order valence-corrected chi connectivity index (χ2v) is 9.36. The van der Waals surface area contributed by atoms with Gasteiger partial charge in [0.2, 0.25) is 0 Å². The lowest BCUT2D eigenvalue weighted by Crippen LogP contribution is -2.29. The van der Waals surface area contributed by atoms with Crippen LogP contribution in [0, 0.1) is 0 Å². The van der Waals surface area contributed by atoms with Crippen molar-refractivity contribution in [2.75, 3.05) is 32.8 Å². The fraction of sp³-hybridized carbons (Fsp3) is 0.241. The van der Waals surface area contributed by atoms with Gasteiger partial charge in [0.1, 0.15) is 22.3 Å². The summed E-state index contributed by atoms with van der Waals surface area (Å²) in [5.74, 6) is -0.803. The zero-order chi connectivity index (χ0) is 28.3. The Balaban J connectivity index is 1.94. The van der Waals surface area contributed by atoms with Crippen LogP contribution in [-0.4, -0.2) is 44.7 Å². The van der Waals surface area contributed by atoms with E-state index in [0.29, 0.717) is 29.4 Å². The van der Waals surface area contributed by atoms with Crippen molar-refractivity contribution in [1.82, 2.24) is 0 Å². The van der Waals surface area contributed by atoms with Crippen molar-refractivity contribution in [2.24, 2.45) is 0 Å². The van der Waals surface area contributed by atoms with Gasteiger partial charge < -0.3 is 24.1 Å². The first-order valence-corrected chi connectivity index (χ1v) is 12.8. The summed E-state index contributed by atoms with van der Waals surface area (Å²) < 4.78 is 21.6. The van der Waals surface area contributed by atoms with E-state index >= 15 is 0 Å². The summed E-state index contributed by atoms with van der Waals surface area (Å²) in [4.78, 5) is 28.3. The van der Waals surface area contributed by atoms with Crippen LogP contribution in [0.15, 0.2) is 60.2 Å². The Hall–Kier alpha value is -3.88. The number of methoxy groups -OCH3 is 3. The lowest BCUT2D eigenvalue weighted by molar-refractivity contribution is -0.132. The Morgan fingerprint density at radius 2 is 1.51 bits per heavy atom. The third-order valence-corrected chi connectivity index (χ3v) is 6.88. The molecule has 1 unspecified atom stereocenters. The van der Waals surface area contributed by atoms with Gasteiger partial charge in [-0.05, 0) is 54.4 Å². The zero-order valence-corrected chi connectivity index (χ0v) is 23.3. The first-order valence-electron chi connectivity index (χ1n) is 12.0. The number of ether oxygens (including phenoxy) is 4. The van der Waals surface area contributed by atoms with Crippen LogP contribution in [0.3, 0.4) is 0 Å². The number of nitrogens with zero attached hydrogens (tertiary/aromatic N) is 1. The number of ketones is 1. The molecule has 1 aliphatic rings. The molecule has 1 amide bonds. The van der Waals surface area contributed by atoms with E-state index in [9.17, 15) is 14.7 Å². The fourth-order valence-electron chi connectivity index (χ4n) is 4.41. The minimum atomic E-state index is -0.983. The lowest BCUT2D eigenvalue weighted by Gasteiger charge is -2.26. The highest BCUT2D eigenvalue weighted by Gasteiger charge is 2.47. The van der Waals surface area contributed by atoms with Crippen molar-refractivity contribution < 1.29 is 33.6 Å². The highest BCUT2D eigenvalue weighted by molar-refractivity contribution is 6.52. The number of Topliss-reactive ketones (excluding diaryl/α,β-unsaturated/α-hetero) is 1. The monoisotopic (exact) mass is 571 g/mol. The molecule has 3 aromatic rings. The number of halogens is 2. The minimum Gasteiger partial charge on any atom is -0.507 e. The first-order chi connectivity index (χ1) is 18.8. The molecule has 0 spiro atoms. The maximum atomic E-state index is 13.5. The molecule has 0 aromatic heterocycles. The topological polar surface area (TPSA) is 94.5 Å². The average molecular weight is 572 g/mol. The highest BCUT2D eigenvalue weighted by atomic mass is 35.5. The number of hydrogen-bond donors (Lipinski definition) is 1. The Bertz CT molecular complexity index is 1420. The second kappa shape index (κ2) is 11.9. The van der Waals surface area contributed by atoms with Crippen LogP contribution in [0.1, 0.15) is 30.5 Å². The summed E-state index contributed by atoms with van der Waals surface area (Å²) in [7, 11) is 4.27. The summed E-state index contributed by atoms with van der Waals surface area (Å²) in [5, 5.41) is 11.7.